The maximum Gasteiger partial charge on any atom is 0.286 e. The molecule has 3 heterocycles. The van der Waals surface area contributed by atoms with E-state index in [0.29, 0.717) is 30.4 Å². The fraction of sp³-hybridized carbons (Fsp3) is 0.346. The van der Waals surface area contributed by atoms with Crippen LogP contribution in [0.4, 0.5) is 8.78 Å². The van der Waals surface area contributed by atoms with E-state index in [1.165, 1.54) is 23.2 Å². The van der Waals surface area contributed by atoms with Gasteiger partial charge in [-0.3, -0.25) is 14.3 Å². The van der Waals surface area contributed by atoms with Crippen molar-refractivity contribution in [1.82, 2.24) is 14.5 Å². The number of rotatable bonds is 4. The monoisotopic (exact) mass is 465 g/mol. The van der Waals surface area contributed by atoms with E-state index in [2.05, 4.69) is 9.97 Å². The van der Waals surface area contributed by atoms with Gasteiger partial charge in [-0.05, 0) is 47.9 Å². The number of aliphatic hydroxyl groups is 1. The van der Waals surface area contributed by atoms with Gasteiger partial charge in [0.15, 0.2) is 0 Å². The molecule has 8 heteroatoms. The van der Waals surface area contributed by atoms with Crippen molar-refractivity contribution in [3.63, 3.8) is 0 Å². The predicted octanol–water partition coefficient (Wildman–Crippen LogP) is 4.36. The summed E-state index contributed by atoms with van der Waals surface area (Å²) in [5.74, 6) is -3.00. The van der Waals surface area contributed by atoms with Gasteiger partial charge in [-0.1, -0.05) is 30.3 Å². The van der Waals surface area contributed by atoms with Gasteiger partial charge in [0.2, 0.25) is 0 Å². The van der Waals surface area contributed by atoms with Crippen LogP contribution in [-0.2, 0) is 17.1 Å². The minimum absolute atomic E-state index is 0.178. The van der Waals surface area contributed by atoms with E-state index >= 15 is 0 Å². The predicted molar refractivity (Wildman–Crippen MR) is 125 cm³/mol. The summed E-state index contributed by atoms with van der Waals surface area (Å²) in [5, 5.41) is 12.8. The molecule has 2 atom stereocenters. The van der Waals surface area contributed by atoms with Crippen LogP contribution in [0, 0.1) is 0 Å². The molecule has 6 nitrogen and oxygen atoms in total. The molecule has 2 aromatic heterocycles. The molecule has 1 fully saturated rings. The molecule has 0 saturated carbocycles. The van der Waals surface area contributed by atoms with Crippen LogP contribution in [0.5, 0.6) is 0 Å². The molecule has 1 aliphatic rings. The van der Waals surface area contributed by atoms with Gasteiger partial charge in [-0.2, -0.15) is 8.78 Å². The Hall–Kier alpha value is -3.23. The number of halogens is 2. The number of pyridine rings is 1. The molecule has 0 spiro atoms. The first-order valence-corrected chi connectivity index (χ1v) is 11.3. The van der Waals surface area contributed by atoms with Crippen LogP contribution in [0.1, 0.15) is 42.6 Å². The van der Waals surface area contributed by atoms with Crippen LogP contribution < -0.4 is 5.56 Å². The van der Waals surface area contributed by atoms with Crippen molar-refractivity contribution in [3.8, 4) is 0 Å². The number of fused-ring (bicyclic) bond motifs is 3. The maximum atomic E-state index is 13.6. The van der Waals surface area contributed by atoms with Gasteiger partial charge in [0, 0.05) is 25.1 Å². The summed E-state index contributed by atoms with van der Waals surface area (Å²) in [6, 6.07) is 12.1. The number of benzene rings is 2. The van der Waals surface area contributed by atoms with Crippen molar-refractivity contribution in [1.29, 1.82) is 0 Å². The molecule has 5 rings (SSSR count). The third-order valence-corrected chi connectivity index (χ3v) is 6.43. The lowest BCUT2D eigenvalue weighted by molar-refractivity contribution is 0.0127. The van der Waals surface area contributed by atoms with E-state index in [-0.39, 0.29) is 17.9 Å². The molecular formula is C26H25F2N3O3. The molecule has 34 heavy (non-hydrogen) atoms. The Morgan fingerprint density at radius 3 is 2.68 bits per heavy atom. The summed E-state index contributed by atoms with van der Waals surface area (Å²) < 4.78 is 34.0. The van der Waals surface area contributed by atoms with Gasteiger partial charge in [-0.15, -0.1) is 0 Å². The molecule has 0 radical (unpaired) electrons. The SMILES string of the molecule is CC(F)(F)c1ccc(Cc2cc3c(=O)n([C@H]4CCCOC[C@@H]4O)cnc3c3ccccc23)cn1. The van der Waals surface area contributed by atoms with E-state index in [0.717, 1.165) is 35.2 Å². The summed E-state index contributed by atoms with van der Waals surface area (Å²) in [4.78, 5) is 22.1. The Kier molecular flexibility index (Phi) is 5.87. The van der Waals surface area contributed by atoms with Crippen LogP contribution in [0.15, 0.2) is 59.8 Å². The summed E-state index contributed by atoms with van der Waals surface area (Å²) in [7, 11) is 0. The van der Waals surface area contributed by atoms with Gasteiger partial charge >= 0.3 is 0 Å². The lowest BCUT2D eigenvalue weighted by Gasteiger charge is -2.22. The topological polar surface area (TPSA) is 77.2 Å². The highest BCUT2D eigenvalue weighted by atomic mass is 19.3. The van der Waals surface area contributed by atoms with Crippen LogP contribution in [-0.4, -0.2) is 39.0 Å². The van der Waals surface area contributed by atoms with E-state index < -0.39 is 18.1 Å². The zero-order valence-electron chi connectivity index (χ0n) is 18.7. The highest BCUT2D eigenvalue weighted by Gasteiger charge is 2.27. The fourth-order valence-corrected chi connectivity index (χ4v) is 4.67. The van der Waals surface area contributed by atoms with Crippen molar-refractivity contribution >= 4 is 21.7 Å². The van der Waals surface area contributed by atoms with Gasteiger partial charge in [0.25, 0.3) is 11.5 Å². The molecular weight excluding hydrogens is 440 g/mol. The molecule has 2 aromatic carbocycles. The molecule has 176 valence electrons. The average Bonchev–Trinajstić information content (AvgIpc) is 3.04. The zero-order valence-corrected chi connectivity index (χ0v) is 18.7. The standard InChI is InChI=1S/C26H25F2N3O3/c1-26(27,28)23-9-8-16(13-29-23)11-17-12-20-24(19-6-3-2-5-18(17)19)30-15-31(25(20)33)21-7-4-10-34-14-22(21)32/h2-3,5-6,8-9,12-13,15,21-22,32H,4,7,10-11,14H2,1H3/t21-,22-/m0/s1. The quantitative estimate of drug-likeness (QED) is 0.453. The van der Waals surface area contributed by atoms with E-state index in [1.54, 1.807) is 6.07 Å². The minimum Gasteiger partial charge on any atom is -0.389 e. The first-order valence-electron chi connectivity index (χ1n) is 11.3. The molecule has 1 aliphatic heterocycles. The second-order valence-electron chi connectivity index (χ2n) is 8.90. The number of hydrogen-bond acceptors (Lipinski definition) is 5. The van der Waals surface area contributed by atoms with Crippen LogP contribution in [0.25, 0.3) is 21.7 Å². The fourth-order valence-electron chi connectivity index (χ4n) is 4.67. The summed E-state index contributed by atoms with van der Waals surface area (Å²) in [6.45, 7) is 1.55. The third kappa shape index (κ3) is 4.19. The highest BCUT2D eigenvalue weighted by molar-refractivity contribution is 6.06. The molecule has 1 saturated heterocycles. The molecule has 0 bridgehead atoms. The zero-order chi connectivity index (χ0) is 23.9. The normalized spacial score (nSPS) is 19.4. The Labute approximate surface area is 194 Å². The lowest BCUT2D eigenvalue weighted by Crippen LogP contribution is -2.34. The molecule has 1 N–H and O–H groups in total. The molecule has 0 unspecified atom stereocenters. The summed E-state index contributed by atoms with van der Waals surface area (Å²) >= 11 is 0. The second kappa shape index (κ2) is 8.85. The Morgan fingerprint density at radius 1 is 1.15 bits per heavy atom. The van der Waals surface area contributed by atoms with Gasteiger partial charge in [-0.25, -0.2) is 4.98 Å². The van der Waals surface area contributed by atoms with E-state index in [1.807, 2.05) is 30.3 Å². The smallest absolute Gasteiger partial charge is 0.286 e. The highest BCUT2D eigenvalue weighted by Crippen LogP contribution is 2.30. The van der Waals surface area contributed by atoms with E-state index in [4.69, 9.17) is 4.74 Å². The Bertz CT molecular complexity index is 1400. The Balaban J connectivity index is 1.62. The van der Waals surface area contributed by atoms with Gasteiger partial charge in [0.05, 0.1) is 36.0 Å². The average molecular weight is 466 g/mol. The largest absolute Gasteiger partial charge is 0.389 e. The van der Waals surface area contributed by atoms with Crippen molar-refractivity contribution in [2.75, 3.05) is 13.2 Å². The summed E-state index contributed by atoms with van der Waals surface area (Å²) in [5.41, 5.74) is 1.74. The number of alkyl halides is 2. The lowest BCUT2D eigenvalue weighted by atomic mass is 9.96. The molecule has 4 aromatic rings. The van der Waals surface area contributed by atoms with E-state index in [9.17, 15) is 18.7 Å². The van der Waals surface area contributed by atoms with Crippen molar-refractivity contribution in [3.05, 3.63) is 82.2 Å². The van der Waals surface area contributed by atoms with Crippen molar-refractivity contribution in [2.24, 2.45) is 0 Å². The van der Waals surface area contributed by atoms with Crippen molar-refractivity contribution < 1.29 is 18.6 Å². The van der Waals surface area contributed by atoms with Crippen LogP contribution in [0.3, 0.4) is 0 Å². The third-order valence-electron chi connectivity index (χ3n) is 6.43. The number of nitrogens with zero attached hydrogens (tertiary/aromatic N) is 3. The van der Waals surface area contributed by atoms with Crippen molar-refractivity contribution in [2.45, 2.75) is 44.3 Å². The number of ether oxygens (including phenoxy) is 1. The first-order chi connectivity index (χ1) is 16.3. The molecule has 0 aliphatic carbocycles. The van der Waals surface area contributed by atoms with Crippen LogP contribution >= 0.6 is 0 Å². The van der Waals surface area contributed by atoms with Gasteiger partial charge in [0.1, 0.15) is 5.69 Å². The molecule has 0 amide bonds. The first kappa shape index (κ1) is 22.6. The van der Waals surface area contributed by atoms with Crippen LogP contribution in [0.2, 0.25) is 0 Å². The Morgan fingerprint density at radius 2 is 1.94 bits per heavy atom. The second-order valence-corrected chi connectivity index (χ2v) is 8.90. The number of aliphatic hydroxyl groups excluding tert-OH is 1. The number of hydrogen-bond donors (Lipinski definition) is 1. The van der Waals surface area contributed by atoms with Gasteiger partial charge < -0.3 is 9.84 Å². The summed E-state index contributed by atoms with van der Waals surface area (Å²) in [6.07, 6.45) is 3.97. The number of aromatic nitrogens is 3. The maximum absolute atomic E-state index is 13.6. The minimum atomic E-state index is -3.00.